The lowest BCUT2D eigenvalue weighted by Crippen LogP contribution is -2.42. The number of rotatable bonds is 7. The van der Waals surface area contributed by atoms with E-state index in [1.807, 2.05) is 0 Å². The van der Waals surface area contributed by atoms with Crippen LogP contribution in [-0.2, 0) is 19.6 Å². The molecular weight excluding hydrogens is 354 g/mol. The average molecular weight is 381 g/mol. The molecule has 0 atom stereocenters. The minimum absolute atomic E-state index is 0.00496. The Kier molecular flexibility index (Phi) is 7.16. The minimum atomic E-state index is -3.35. The van der Waals surface area contributed by atoms with Gasteiger partial charge < -0.3 is 10.6 Å². The molecule has 7 nitrogen and oxygen atoms in total. The second-order valence-corrected chi connectivity index (χ2v) is 8.66. The molecule has 0 unspecified atom stereocenters. The van der Waals surface area contributed by atoms with E-state index >= 15 is 0 Å². The van der Waals surface area contributed by atoms with E-state index in [4.69, 9.17) is 0 Å². The van der Waals surface area contributed by atoms with Crippen molar-refractivity contribution >= 4 is 33.2 Å². The summed E-state index contributed by atoms with van der Waals surface area (Å²) in [4.78, 5) is 23.3. The van der Waals surface area contributed by atoms with Gasteiger partial charge in [0.1, 0.15) is 0 Å². The standard InChI is InChI=1S/C18H27N3O4S/c1-14(22)19-15-7-6-8-16(13-15)20-18(23)11-12-21(26(2,24)25)17-9-4-3-5-10-17/h6-8,13,17H,3-5,9-12H2,1-2H3,(H,19,22)(H,20,23). The Hall–Kier alpha value is -1.93. The minimum Gasteiger partial charge on any atom is -0.326 e. The quantitative estimate of drug-likeness (QED) is 0.759. The van der Waals surface area contributed by atoms with Gasteiger partial charge in [0.2, 0.25) is 21.8 Å². The Morgan fingerprint density at radius 1 is 1.12 bits per heavy atom. The molecular formula is C18H27N3O4S. The number of nitrogens with one attached hydrogen (secondary N) is 2. The van der Waals surface area contributed by atoms with E-state index in [1.165, 1.54) is 17.5 Å². The van der Waals surface area contributed by atoms with Gasteiger partial charge in [0.05, 0.1) is 6.26 Å². The Balaban J connectivity index is 1.94. The van der Waals surface area contributed by atoms with E-state index in [9.17, 15) is 18.0 Å². The van der Waals surface area contributed by atoms with Gasteiger partial charge in [-0.05, 0) is 31.0 Å². The third-order valence-electron chi connectivity index (χ3n) is 4.43. The van der Waals surface area contributed by atoms with E-state index in [-0.39, 0.29) is 30.8 Å². The molecule has 1 fully saturated rings. The van der Waals surface area contributed by atoms with Crippen LogP contribution in [0, 0.1) is 0 Å². The molecule has 144 valence electrons. The summed E-state index contributed by atoms with van der Waals surface area (Å²) >= 11 is 0. The summed E-state index contributed by atoms with van der Waals surface area (Å²) in [5.41, 5.74) is 1.15. The van der Waals surface area contributed by atoms with Gasteiger partial charge in [-0.3, -0.25) is 9.59 Å². The monoisotopic (exact) mass is 381 g/mol. The van der Waals surface area contributed by atoms with Crippen LogP contribution in [0.2, 0.25) is 0 Å². The summed E-state index contributed by atoms with van der Waals surface area (Å²) in [6.07, 6.45) is 6.20. The molecule has 1 aliphatic carbocycles. The predicted molar refractivity (Wildman–Crippen MR) is 102 cm³/mol. The molecule has 0 saturated heterocycles. The average Bonchev–Trinajstić information content (AvgIpc) is 2.54. The lowest BCUT2D eigenvalue weighted by molar-refractivity contribution is -0.116. The summed E-state index contributed by atoms with van der Waals surface area (Å²) in [7, 11) is -3.35. The summed E-state index contributed by atoms with van der Waals surface area (Å²) < 4.78 is 25.7. The molecule has 0 aliphatic heterocycles. The molecule has 2 amide bonds. The normalized spacial score (nSPS) is 15.7. The maximum absolute atomic E-state index is 12.2. The fourth-order valence-corrected chi connectivity index (χ4v) is 4.48. The largest absolute Gasteiger partial charge is 0.326 e. The molecule has 8 heteroatoms. The first-order chi connectivity index (χ1) is 12.3. The van der Waals surface area contributed by atoms with E-state index in [0.717, 1.165) is 32.1 Å². The van der Waals surface area contributed by atoms with E-state index < -0.39 is 10.0 Å². The number of carbonyl (C=O) groups excluding carboxylic acids is 2. The zero-order chi connectivity index (χ0) is 19.2. The Morgan fingerprint density at radius 3 is 2.31 bits per heavy atom. The Morgan fingerprint density at radius 2 is 1.73 bits per heavy atom. The molecule has 0 heterocycles. The number of anilines is 2. The number of hydrogen-bond acceptors (Lipinski definition) is 4. The van der Waals surface area contributed by atoms with Crippen LogP contribution in [0.1, 0.15) is 45.4 Å². The fourth-order valence-electron chi connectivity index (χ4n) is 3.30. The number of hydrogen-bond donors (Lipinski definition) is 2. The van der Waals surface area contributed by atoms with Gasteiger partial charge in [0.25, 0.3) is 0 Å². The Labute approximate surface area is 155 Å². The van der Waals surface area contributed by atoms with Gasteiger partial charge in [-0.25, -0.2) is 8.42 Å². The van der Waals surface area contributed by atoms with Crippen LogP contribution in [0.15, 0.2) is 24.3 Å². The van der Waals surface area contributed by atoms with Crippen LogP contribution in [0.4, 0.5) is 11.4 Å². The number of nitrogens with zero attached hydrogens (tertiary/aromatic N) is 1. The predicted octanol–water partition coefficient (Wildman–Crippen LogP) is 2.57. The SMILES string of the molecule is CC(=O)Nc1cccc(NC(=O)CCN(C2CCCCC2)S(C)(=O)=O)c1. The summed E-state index contributed by atoms with van der Waals surface area (Å²) in [6.45, 7) is 1.59. The molecule has 1 saturated carbocycles. The van der Waals surface area contributed by atoms with Gasteiger partial charge in [-0.2, -0.15) is 4.31 Å². The number of amides is 2. The number of sulfonamides is 1. The topological polar surface area (TPSA) is 95.6 Å². The molecule has 1 aromatic carbocycles. The molecule has 26 heavy (non-hydrogen) atoms. The highest BCUT2D eigenvalue weighted by molar-refractivity contribution is 7.88. The van der Waals surface area contributed by atoms with Gasteiger partial charge in [-0.15, -0.1) is 0 Å². The summed E-state index contributed by atoms with van der Waals surface area (Å²) in [5, 5.41) is 5.41. The van der Waals surface area contributed by atoms with Gasteiger partial charge >= 0.3 is 0 Å². The third-order valence-corrected chi connectivity index (χ3v) is 5.77. The van der Waals surface area contributed by atoms with E-state index in [2.05, 4.69) is 10.6 Å². The van der Waals surface area contributed by atoms with Gasteiger partial charge in [0.15, 0.2) is 0 Å². The maximum atomic E-state index is 12.2. The van der Waals surface area contributed by atoms with Crippen LogP contribution in [-0.4, -0.2) is 43.4 Å². The number of benzene rings is 1. The third kappa shape index (κ3) is 6.42. The first-order valence-corrected chi connectivity index (χ1v) is 10.7. The molecule has 2 rings (SSSR count). The van der Waals surface area contributed by atoms with Crippen LogP contribution in [0.5, 0.6) is 0 Å². The first-order valence-electron chi connectivity index (χ1n) is 8.90. The molecule has 0 aromatic heterocycles. The van der Waals surface area contributed by atoms with Crippen molar-refractivity contribution in [3.05, 3.63) is 24.3 Å². The number of carbonyl (C=O) groups is 2. The Bertz CT molecular complexity index is 743. The lowest BCUT2D eigenvalue weighted by atomic mass is 9.95. The molecule has 0 bridgehead atoms. The van der Waals surface area contributed by atoms with Crippen LogP contribution in [0.3, 0.4) is 0 Å². The van der Waals surface area contributed by atoms with Crippen molar-refractivity contribution in [3.8, 4) is 0 Å². The highest BCUT2D eigenvalue weighted by atomic mass is 32.2. The van der Waals surface area contributed by atoms with Crippen LogP contribution >= 0.6 is 0 Å². The van der Waals surface area contributed by atoms with Crippen molar-refractivity contribution < 1.29 is 18.0 Å². The van der Waals surface area contributed by atoms with Gasteiger partial charge in [-0.1, -0.05) is 25.3 Å². The zero-order valence-corrected chi connectivity index (χ0v) is 16.1. The second kappa shape index (κ2) is 9.14. The van der Waals surface area contributed by atoms with Gasteiger partial charge in [0, 0.05) is 37.3 Å². The van der Waals surface area contributed by atoms with Crippen molar-refractivity contribution in [1.29, 1.82) is 0 Å². The molecule has 0 spiro atoms. The highest BCUT2D eigenvalue weighted by Crippen LogP contribution is 2.24. The van der Waals surface area contributed by atoms with Crippen molar-refractivity contribution in [2.75, 3.05) is 23.4 Å². The van der Waals surface area contributed by atoms with Crippen molar-refractivity contribution in [1.82, 2.24) is 4.31 Å². The summed E-state index contributed by atoms with van der Waals surface area (Å²) in [5.74, 6) is -0.445. The maximum Gasteiger partial charge on any atom is 0.225 e. The molecule has 0 radical (unpaired) electrons. The second-order valence-electron chi connectivity index (χ2n) is 6.73. The van der Waals surface area contributed by atoms with Crippen molar-refractivity contribution in [3.63, 3.8) is 0 Å². The van der Waals surface area contributed by atoms with Crippen molar-refractivity contribution in [2.45, 2.75) is 51.5 Å². The van der Waals surface area contributed by atoms with E-state index in [0.29, 0.717) is 11.4 Å². The first kappa shape index (κ1) is 20.4. The molecule has 1 aromatic rings. The lowest BCUT2D eigenvalue weighted by Gasteiger charge is -2.32. The highest BCUT2D eigenvalue weighted by Gasteiger charge is 2.28. The molecule has 2 N–H and O–H groups in total. The fraction of sp³-hybridized carbons (Fsp3) is 0.556. The zero-order valence-electron chi connectivity index (χ0n) is 15.3. The van der Waals surface area contributed by atoms with Crippen LogP contribution < -0.4 is 10.6 Å². The summed E-state index contributed by atoms with van der Waals surface area (Å²) in [6, 6.07) is 6.83. The van der Waals surface area contributed by atoms with Crippen molar-refractivity contribution in [2.24, 2.45) is 0 Å². The molecule has 1 aliphatic rings. The van der Waals surface area contributed by atoms with Crippen LogP contribution in [0.25, 0.3) is 0 Å². The van der Waals surface area contributed by atoms with E-state index in [1.54, 1.807) is 24.3 Å². The smallest absolute Gasteiger partial charge is 0.225 e.